The minimum Gasteiger partial charge on any atom is -0.478 e. The molecule has 2 N–H and O–H groups in total. The summed E-state index contributed by atoms with van der Waals surface area (Å²) in [5.41, 5.74) is 3.45. The van der Waals surface area contributed by atoms with Crippen LogP contribution >= 0.6 is 0 Å². The number of nitrogens with one attached hydrogen (secondary N) is 1. The number of aromatic carboxylic acids is 1. The van der Waals surface area contributed by atoms with E-state index in [2.05, 4.69) is 5.32 Å². The summed E-state index contributed by atoms with van der Waals surface area (Å²) < 4.78 is 15.1. The van der Waals surface area contributed by atoms with Crippen molar-refractivity contribution in [1.82, 2.24) is 9.88 Å². The van der Waals surface area contributed by atoms with E-state index in [4.69, 9.17) is 0 Å². The first-order valence-corrected chi connectivity index (χ1v) is 10.3. The second-order valence-corrected chi connectivity index (χ2v) is 7.90. The highest BCUT2D eigenvalue weighted by atomic mass is 19.1. The molecule has 2 heterocycles. The van der Waals surface area contributed by atoms with E-state index < -0.39 is 29.6 Å². The molecule has 0 unspecified atom stereocenters. The number of carbonyl (C=O) groups is 4. The number of aromatic nitrogens is 1. The van der Waals surface area contributed by atoms with Crippen molar-refractivity contribution in [2.75, 3.05) is 4.90 Å². The maximum absolute atomic E-state index is 13.3. The van der Waals surface area contributed by atoms with Crippen LogP contribution < -0.4 is 10.2 Å². The van der Waals surface area contributed by atoms with Gasteiger partial charge in [-0.25, -0.2) is 18.9 Å². The maximum Gasteiger partial charge on any atom is 0.335 e. The normalized spacial score (nSPS) is 15.1. The quantitative estimate of drug-likeness (QED) is 0.452. The molecule has 3 aromatic rings. The molecule has 0 saturated carbocycles. The number of benzene rings is 2. The van der Waals surface area contributed by atoms with E-state index >= 15 is 0 Å². The van der Waals surface area contributed by atoms with E-state index in [0.717, 1.165) is 28.3 Å². The number of barbiturate groups is 1. The molecular formula is C25H20FN3O5. The maximum atomic E-state index is 13.3. The SMILES string of the molecule is Cc1ccc(C(=O)O)cc1-n1c(C)cc(/C=C2\C(=O)NC(=O)N(c3ccc(F)cc3)C2=O)c1C. The molecule has 4 rings (SSSR count). The van der Waals surface area contributed by atoms with E-state index in [0.29, 0.717) is 16.9 Å². The zero-order chi connectivity index (χ0) is 24.7. The van der Waals surface area contributed by atoms with Crippen molar-refractivity contribution in [3.05, 3.63) is 88.0 Å². The number of carboxylic acids is 1. The molecule has 172 valence electrons. The van der Waals surface area contributed by atoms with Crippen LogP contribution in [0.4, 0.5) is 14.9 Å². The number of nitrogens with zero attached hydrogens (tertiary/aromatic N) is 2. The Morgan fingerprint density at radius 1 is 1.00 bits per heavy atom. The number of aryl methyl sites for hydroxylation is 2. The third kappa shape index (κ3) is 3.88. The number of carbonyl (C=O) groups excluding carboxylic acids is 3. The van der Waals surface area contributed by atoms with Crippen LogP contribution in [0.1, 0.15) is 32.9 Å². The Bertz CT molecular complexity index is 1400. The van der Waals surface area contributed by atoms with E-state index in [1.165, 1.54) is 24.3 Å². The second-order valence-electron chi connectivity index (χ2n) is 7.90. The Labute approximate surface area is 193 Å². The van der Waals surface area contributed by atoms with Gasteiger partial charge in [0.25, 0.3) is 11.8 Å². The molecule has 8 nitrogen and oxygen atoms in total. The minimum atomic E-state index is -1.05. The number of amides is 4. The molecule has 0 radical (unpaired) electrons. The summed E-state index contributed by atoms with van der Waals surface area (Å²) in [5, 5.41) is 11.5. The summed E-state index contributed by atoms with van der Waals surface area (Å²) >= 11 is 0. The largest absolute Gasteiger partial charge is 0.478 e. The van der Waals surface area contributed by atoms with Gasteiger partial charge in [-0.2, -0.15) is 0 Å². The lowest BCUT2D eigenvalue weighted by Gasteiger charge is -2.26. The molecule has 2 aromatic carbocycles. The van der Waals surface area contributed by atoms with E-state index in [1.807, 2.05) is 18.4 Å². The lowest BCUT2D eigenvalue weighted by atomic mass is 10.1. The van der Waals surface area contributed by atoms with Crippen molar-refractivity contribution in [3.8, 4) is 5.69 Å². The number of urea groups is 1. The topological polar surface area (TPSA) is 109 Å². The van der Waals surface area contributed by atoms with Crippen LogP contribution in [0.25, 0.3) is 11.8 Å². The number of rotatable bonds is 4. The summed E-state index contributed by atoms with van der Waals surface area (Å²) in [7, 11) is 0. The predicted octanol–water partition coefficient (Wildman–Crippen LogP) is 3.91. The Morgan fingerprint density at radius 2 is 1.68 bits per heavy atom. The van der Waals surface area contributed by atoms with Crippen molar-refractivity contribution in [2.24, 2.45) is 0 Å². The van der Waals surface area contributed by atoms with Gasteiger partial charge in [0.05, 0.1) is 11.3 Å². The summed E-state index contributed by atoms with van der Waals surface area (Å²) in [6.45, 7) is 5.45. The van der Waals surface area contributed by atoms with E-state index in [9.17, 15) is 28.7 Å². The highest BCUT2D eigenvalue weighted by Crippen LogP contribution is 2.28. The van der Waals surface area contributed by atoms with Gasteiger partial charge in [0.1, 0.15) is 11.4 Å². The molecule has 1 aliphatic heterocycles. The third-order valence-corrected chi connectivity index (χ3v) is 5.65. The third-order valence-electron chi connectivity index (χ3n) is 5.65. The average molecular weight is 461 g/mol. The van der Waals surface area contributed by atoms with Gasteiger partial charge in [-0.1, -0.05) is 6.07 Å². The van der Waals surface area contributed by atoms with E-state index in [-0.39, 0.29) is 16.8 Å². The van der Waals surface area contributed by atoms with Gasteiger partial charge < -0.3 is 9.67 Å². The van der Waals surface area contributed by atoms with Crippen molar-refractivity contribution >= 4 is 35.6 Å². The molecule has 1 aliphatic rings. The fourth-order valence-electron chi connectivity index (χ4n) is 3.93. The first-order chi connectivity index (χ1) is 16.1. The van der Waals surface area contributed by atoms with Gasteiger partial charge in [0, 0.05) is 17.1 Å². The number of hydrogen-bond donors (Lipinski definition) is 2. The molecule has 0 aliphatic carbocycles. The van der Waals surface area contributed by atoms with Gasteiger partial charge in [-0.05, 0) is 80.4 Å². The first-order valence-electron chi connectivity index (χ1n) is 10.3. The highest BCUT2D eigenvalue weighted by molar-refractivity contribution is 6.39. The van der Waals surface area contributed by atoms with Crippen molar-refractivity contribution in [1.29, 1.82) is 0 Å². The zero-order valence-corrected chi connectivity index (χ0v) is 18.5. The van der Waals surface area contributed by atoms with Gasteiger partial charge in [0.2, 0.25) is 0 Å². The summed E-state index contributed by atoms with van der Waals surface area (Å²) in [4.78, 5) is 50.2. The Kier molecular flexibility index (Phi) is 5.62. The van der Waals surface area contributed by atoms with Gasteiger partial charge >= 0.3 is 12.0 Å². The molecule has 1 aromatic heterocycles. The van der Waals surface area contributed by atoms with Gasteiger partial charge in [0.15, 0.2) is 0 Å². The number of imide groups is 2. The number of hydrogen-bond acceptors (Lipinski definition) is 4. The van der Waals surface area contributed by atoms with Crippen molar-refractivity contribution < 1.29 is 28.7 Å². The molecule has 9 heteroatoms. The average Bonchev–Trinajstić information content (AvgIpc) is 3.05. The van der Waals surface area contributed by atoms with Crippen LogP contribution in [-0.4, -0.2) is 33.5 Å². The van der Waals surface area contributed by atoms with Crippen molar-refractivity contribution in [2.45, 2.75) is 20.8 Å². The Morgan fingerprint density at radius 3 is 2.32 bits per heavy atom. The first kappa shape index (κ1) is 22.7. The molecule has 0 spiro atoms. The Hall–Kier alpha value is -4.53. The summed E-state index contributed by atoms with van der Waals surface area (Å²) in [6.07, 6.45) is 1.38. The standard InChI is InChI=1S/C25H20FN3O5/c1-13-4-5-16(24(32)33)12-21(13)28-14(2)10-17(15(28)3)11-20-22(30)27-25(34)29(23(20)31)19-8-6-18(26)7-9-19/h4-12H,1-3H3,(H,32,33)(H,27,30,34)/b20-11+. The second kappa shape index (κ2) is 8.43. The molecule has 0 atom stereocenters. The molecule has 1 fully saturated rings. The molecule has 0 bridgehead atoms. The van der Waals surface area contributed by atoms with Crippen molar-refractivity contribution in [3.63, 3.8) is 0 Å². The fourth-order valence-corrected chi connectivity index (χ4v) is 3.93. The van der Waals surface area contributed by atoms with E-state index in [1.54, 1.807) is 25.1 Å². The van der Waals surface area contributed by atoms with Crippen LogP contribution in [-0.2, 0) is 9.59 Å². The molecule has 34 heavy (non-hydrogen) atoms. The minimum absolute atomic E-state index is 0.119. The lowest BCUT2D eigenvalue weighted by Crippen LogP contribution is -2.54. The fraction of sp³-hybridized carbons (Fsp3) is 0.120. The number of halogens is 1. The number of carboxylic acid groups (broad SMARTS) is 1. The van der Waals surface area contributed by atoms with Crippen LogP contribution in [0.15, 0.2) is 54.1 Å². The van der Waals surface area contributed by atoms with Crippen LogP contribution in [0.3, 0.4) is 0 Å². The molecule has 1 saturated heterocycles. The summed E-state index contributed by atoms with van der Waals surface area (Å²) in [5.74, 6) is -3.27. The van der Waals surface area contributed by atoms with Gasteiger partial charge in [-0.15, -0.1) is 0 Å². The zero-order valence-electron chi connectivity index (χ0n) is 18.5. The highest BCUT2D eigenvalue weighted by Gasteiger charge is 2.37. The van der Waals surface area contributed by atoms with Crippen LogP contribution in [0, 0.1) is 26.6 Å². The van der Waals surface area contributed by atoms with Crippen LogP contribution in [0.2, 0.25) is 0 Å². The monoisotopic (exact) mass is 461 g/mol. The number of anilines is 1. The summed E-state index contributed by atoms with van der Waals surface area (Å²) in [6, 6.07) is 10.4. The van der Waals surface area contributed by atoms with Crippen LogP contribution in [0.5, 0.6) is 0 Å². The molecule has 4 amide bonds. The smallest absolute Gasteiger partial charge is 0.335 e. The molecular weight excluding hydrogens is 441 g/mol. The predicted molar refractivity (Wildman–Crippen MR) is 122 cm³/mol. The lowest BCUT2D eigenvalue weighted by molar-refractivity contribution is -0.122. The van der Waals surface area contributed by atoms with Gasteiger partial charge in [-0.3, -0.25) is 14.9 Å². The Balaban J connectivity index is 1.79.